The molecule has 2 aromatic carbocycles. The first-order chi connectivity index (χ1) is 17.8. The number of carbonyl (C=O) groups excluding carboxylic acids is 3. The van der Waals surface area contributed by atoms with Crippen LogP contribution in [0.25, 0.3) is 0 Å². The second-order valence-electron chi connectivity index (χ2n) is 10.1. The quantitative estimate of drug-likeness (QED) is 0.501. The molecule has 2 aliphatic rings. The number of anilines is 2. The van der Waals surface area contributed by atoms with Crippen molar-refractivity contribution in [2.45, 2.75) is 59.0 Å². The molecule has 2 heterocycles. The number of nitrogens with one attached hydrogen (secondary N) is 1. The molecule has 8 nitrogen and oxygen atoms in total. The number of amides is 3. The lowest BCUT2D eigenvalue weighted by Crippen LogP contribution is -2.48. The lowest BCUT2D eigenvalue weighted by molar-refractivity contribution is -0.145. The summed E-state index contributed by atoms with van der Waals surface area (Å²) in [6.45, 7) is 6.30. The number of nitrogens with zero attached hydrogens (tertiary/aromatic N) is 4. The van der Waals surface area contributed by atoms with Crippen molar-refractivity contribution in [3.63, 3.8) is 0 Å². The molecule has 2 aliphatic heterocycles. The summed E-state index contributed by atoms with van der Waals surface area (Å²) < 4.78 is 0. The van der Waals surface area contributed by atoms with E-state index < -0.39 is 0 Å². The van der Waals surface area contributed by atoms with Crippen LogP contribution in [0.1, 0.15) is 54.9 Å². The number of benzene rings is 2. The summed E-state index contributed by atoms with van der Waals surface area (Å²) in [5, 5.41) is 6.74. The molecule has 0 spiro atoms. The fraction of sp³-hybridized carbons (Fsp3) is 0.483. The summed E-state index contributed by atoms with van der Waals surface area (Å²) in [7, 11) is 3.60. The van der Waals surface area contributed by atoms with E-state index in [0.717, 1.165) is 41.8 Å². The van der Waals surface area contributed by atoms with Gasteiger partial charge in [0.25, 0.3) is 5.91 Å². The minimum atomic E-state index is -0.0930. The Balaban J connectivity index is 1.53. The Labute approximate surface area is 220 Å². The third-order valence-electron chi connectivity index (χ3n) is 7.45. The first kappa shape index (κ1) is 26.7. The normalized spacial score (nSPS) is 14.8. The molecule has 8 heteroatoms. The third kappa shape index (κ3) is 6.13. The zero-order chi connectivity index (χ0) is 26.5. The first-order valence-corrected chi connectivity index (χ1v) is 13.3. The van der Waals surface area contributed by atoms with Crippen LogP contribution in [0, 0.1) is 6.92 Å². The molecule has 0 atom stereocenters. The van der Waals surface area contributed by atoms with E-state index in [9.17, 15) is 14.4 Å². The fourth-order valence-electron chi connectivity index (χ4n) is 5.13. The van der Waals surface area contributed by atoms with Gasteiger partial charge in [-0.25, -0.2) is 5.01 Å². The van der Waals surface area contributed by atoms with Crippen LogP contribution in [0.2, 0.25) is 0 Å². The van der Waals surface area contributed by atoms with Crippen LogP contribution in [0.15, 0.2) is 36.4 Å². The van der Waals surface area contributed by atoms with Crippen LogP contribution in [0.3, 0.4) is 0 Å². The predicted molar refractivity (Wildman–Crippen MR) is 146 cm³/mol. The molecule has 0 saturated heterocycles. The van der Waals surface area contributed by atoms with Gasteiger partial charge in [-0.15, -0.1) is 0 Å². The third-order valence-corrected chi connectivity index (χ3v) is 7.45. The standard InChI is InChI=1S/C29H39N5O3/c1-5-6-9-14-30-27(35)19-33(25-16-22-12-13-28(36)31(3)26(22)15-21(25)2)20-29(37)32(4)34-17-23-10-7-8-11-24(23)18-34/h7-8,10-11,15-16H,5-6,9,12-14,17-20H2,1-4H3,(H,30,35). The van der Waals surface area contributed by atoms with Gasteiger partial charge >= 0.3 is 0 Å². The number of rotatable bonds is 10. The van der Waals surface area contributed by atoms with Gasteiger partial charge in [-0.3, -0.25) is 19.4 Å². The Hall–Kier alpha value is -3.39. The average Bonchev–Trinajstić information content (AvgIpc) is 3.32. The summed E-state index contributed by atoms with van der Waals surface area (Å²) >= 11 is 0. The molecule has 0 radical (unpaired) electrons. The van der Waals surface area contributed by atoms with E-state index in [2.05, 4.69) is 30.4 Å². The molecule has 4 rings (SSSR count). The molecular formula is C29H39N5O3. The number of hydrogen-bond acceptors (Lipinski definition) is 5. The predicted octanol–water partition coefficient (Wildman–Crippen LogP) is 3.41. The summed E-state index contributed by atoms with van der Waals surface area (Å²) in [6, 6.07) is 12.3. The second-order valence-corrected chi connectivity index (χ2v) is 10.1. The van der Waals surface area contributed by atoms with Gasteiger partial charge in [-0.1, -0.05) is 44.0 Å². The number of carbonyl (C=O) groups is 3. The van der Waals surface area contributed by atoms with Crippen LogP contribution in [-0.4, -0.2) is 61.5 Å². The van der Waals surface area contributed by atoms with Crippen LogP contribution < -0.4 is 15.1 Å². The van der Waals surface area contributed by atoms with E-state index in [4.69, 9.17) is 0 Å². The zero-order valence-corrected chi connectivity index (χ0v) is 22.5. The van der Waals surface area contributed by atoms with Gasteiger partial charge in [0.1, 0.15) is 0 Å². The summed E-state index contributed by atoms with van der Waals surface area (Å²) in [5.74, 6) is -0.0630. The maximum Gasteiger partial charge on any atom is 0.256 e. The van der Waals surface area contributed by atoms with Gasteiger partial charge in [0.2, 0.25) is 11.8 Å². The molecule has 198 valence electrons. The molecule has 0 bridgehead atoms. The van der Waals surface area contributed by atoms with E-state index in [-0.39, 0.29) is 30.8 Å². The van der Waals surface area contributed by atoms with Crippen molar-refractivity contribution >= 4 is 29.1 Å². The molecule has 2 aromatic rings. The topological polar surface area (TPSA) is 76.2 Å². The summed E-state index contributed by atoms with van der Waals surface area (Å²) in [5.41, 5.74) is 6.22. The molecule has 3 amide bonds. The van der Waals surface area contributed by atoms with Crippen molar-refractivity contribution in [3.05, 3.63) is 58.7 Å². The van der Waals surface area contributed by atoms with Crippen molar-refractivity contribution in [2.75, 3.05) is 43.5 Å². The first-order valence-electron chi connectivity index (χ1n) is 13.3. The molecule has 0 saturated carbocycles. The Morgan fingerprint density at radius 3 is 2.38 bits per heavy atom. The number of hydrogen-bond donors (Lipinski definition) is 1. The highest BCUT2D eigenvalue weighted by molar-refractivity contribution is 5.97. The molecule has 0 unspecified atom stereocenters. The van der Waals surface area contributed by atoms with Gasteiger partial charge < -0.3 is 15.1 Å². The number of fused-ring (bicyclic) bond motifs is 2. The highest BCUT2D eigenvalue weighted by atomic mass is 16.2. The molecule has 0 aromatic heterocycles. The van der Waals surface area contributed by atoms with E-state index in [0.29, 0.717) is 32.5 Å². The Morgan fingerprint density at radius 1 is 1.00 bits per heavy atom. The van der Waals surface area contributed by atoms with Gasteiger partial charge in [0.15, 0.2) is 0 Å². The van der Waals surface area contributed by atoms with E-state index in [1.165, 1.54) is 11.1 Å². The smallest absolute Gasteiger partial charge is 0.256 e. The largest absolute Gasteiger partial charge is 0.355 e. The average molecular weight is 506 g/mol. The maximum absolute atomic E-state index is 13.5. The van der Waals surface area contributed by atoms with Crippen molar-refractivity contribution in [2.24, 2.45) is 0 Å². The van der Waals surface area contributed by atoms with Crippen LogP contribution >= 0.6 is 0 Å². The summed E-state index contributed by atoms with van der Waals surface area (Å²) in [4.78, 5) is 42.2. The van der Waals surface area contributed by atoms with Crippen molar-refractivity contribution in [1.29, 1.82) is 0 Å². The van der Waals surface area contributed by atoms with Gasteiger partial charge in [-0.2, -0.15) is 0 Å². The summed E-state index contributed by atoms with van der Waals surface area (Å²) in [6.07, 6.45) is 4.22. The number of aryl methyl sites for hydroxylation is 2. The van der Waals surface area contributed by atoms with E-state index in [1.54, 1.807) is 24.0 Å². The van der Waals surface area contributed by atoms with E-state index >= 15 is 0 Å². The molecule has 0 aliphatic carbocycles. The lowest BCUT2D eigenvalue weighted by atomic mass is 9.98. The minimum absolute atomic E-state index is 0.0731. The Bertz CT molecular complexity index is 1140. The molecular weight excluding hydrogens is 466 g/mol. The Morgan fingerprint density at radius 2 is 1.70 bits per heavy atom. The monoisotopic (exact) mass is 505 g/mol. The van der Waals surface area contributed by atoms with Crippen molar-refractivity contribution in [1.82, 2.24) is 15.3 Å². The molecule has 0 fully saturated rings. The minimum Gasteiger partial charge on any atom is -0.355 e. The van der Waals surface area contributed by atoms with Gasteiger partial charge in [0, 0.05) is 51.5 Å². The van der Waals surface area contributed by atoms with Crippen LogP contribution in [0.4, 0.5) is 11.4 Å². The lowest BCUT2D eigenvalue weighted by Gasteiger charge is -2.33. The number of likely N-dealkylation sites (N-methyl/N-ethyl adjacent to an activating group) is 1. The van der Waals surface area contributed by atoms with E-state index in [1.807, 2.05) is 35.0 Å². The van der Waals surface area contributed by atoms with Crippen molar-refractivity contribution < 1.29 is 14.4 Å². The number of unbranched alkanes of at least 4 members (excludes halogenated alkanes) is 2. The SMILES string of the molecule is CCCCCNC(=O)CN(CC(=O)N(C)N1Cc2ccccc2C1)c1cc2c(cc1C)N(C)C(=O)CC2. The zero-order valence-electron chi connectivity index (χ0n) is 22.5. The van der Waals surface area contributed by atoms with Crippen LogP contribution in [0.5, 0.6) is 0 Å². The molecule has 1 N–H and O–H groups in total. The van der Waals surface area contributed by atoms with Gasteiger partial charge in [-0.05, 0) is 54.2 Å². The Kier molecular flexibility index (Phi) is 8.48. The molecule has 37 heavy (non-hydrogen) atoms. The van der Waals surface area contributed by atoms with Gasteiger partial charge in [0.05, 0.1) is 13.1 Å². The van der Waals surface area contributed by atoms with Crippen molar-refractivity contribution in [3.8, 4) is 0 Å². The highest BCUT2D eigenvalue weighted by Crippen LogP contribution is 2.34. The second kappa shape index (κ2) is 11.8. The fourth-order valence-corrected chi connectivity index (χ4v) is 5.13. The highest BCUT2D eigenvalue weighted by Gasteiger charge is 2.28. The van der Waals surface area contributed by atoms with Crippen LogP contribution in [-0.2, 0) is 33.9 Å². The maximum atomic E-state index is 13.5. The number of hydrazine groups is 1.